The van der Waals surface area contributed by atoms with Crippen molar-refractivity contribution in [3.8, 4) is 0 Å². The van der Waals surface area contributed by atoms with Crippen LogP contribution < -0.4 is 0 Å². The molecule has 3 unspecified atom stereocenters. The zero-order chi connectivity index (χ0) is 33.2. The molecule has 0 aromatic heterocycles. The molecule has 1 rings (SSSR count). The highest BCUT2D eigenvalue weighted by atomic mass is 79.9. The molecule has 2 amide bonds. The average molecular weight is 846 g/mol. The van der Waals surface area contributed by atoms with Gasteiger partial charge >= 0.3 is 0 Å². The quantitative estimate of drug-likeness (QED) is 0.134. The Morgan fingerprint density at radius 2 is 1.31 bits per heavy atom. The molecule has 1 fully saturated rings. The van der Waals surface area contributed by atoms with Crippen LogP contribution in [0.4, 0.5) is 0 Å². The Morgan fingerprint density at radius 1 is 0.867 bits per heavy atom. The highest BCUT2D eigenvalue weighted by Gasteiger charge is 2.35. The lowest BCUT2D eigenvalue weighted by molar-refractivity contribution is -0.136. The van der Waals surface area contributed by atoms with Crippen LogP contribution in [0.2, 0.25) is 0 Å². The van der Waals surface area contributed by atoms with Crippen molar-refractivity contribution < 1.29 is 32.4 Å². The summed E-state index contributed by atoms with van der Waals surface area (Å²) in [5.41, 5.74) is 0. The van der Waals surface area contributed by atoms with Crippen molar-refractivity contribution in [2.24, 2.45) is 0 Å². The van der Waals surface area contributed by atoms with E-state index < -0.39 is 9.84 Å². The number of thioether (sulfide) groups is 5. The van der Waals surface area contributed by atoms with Gasteiger partial charge in [0.05, 0.1) is 15.8 Å². The Labute approximate surface area is 312 Å². The molecule has 16 heteroatoms. The number of rotatable bonds is 13. The summed E-state index contributed by atoms with van der Waals surface area (Å²) in [5, 5.41) is -0.414. The molecular weight excluding hydrogens is 782 g/mol. The molecule has 0 spiro atoms. The summed E-state index contributed by atoms with van der Waals surface area (Å²) >= 11 is 16.7. The van der Waals surface area contributed by atoms with Crippen molar-refractivity contribution in [3.63, 3.8) is 0 Å². The molecule has 1 saturated heterocycles. The number of amides is 2. The third-order valence-electron chi connectivity index (χ3n) is 4.45. The van der Waals surface area contributed by atoms with E-state index >= 15 is 0 Å². The highest BCUT2D eigenvalue weighted by Crippen LogP contribution is 2.21. The van der Waals surface area contributed by atoms with Crippen LogP contribution in [0.15, 0.2) is 0 Å². The minimum Gasteiger partial charge on any atom is -0.300 e. The second-order valence-corrected chi connectivity index (χ2v) is 17.1. The predicted molar refractivity (Wildman–Crippen MR) is 219 cm³/mol. The number of carbonyl (C=O) groups excluding carboxylic acids is 5. The molecule has 0 radical (unpaired) electrons. The number of alkyl halides is 2. The van der Waals surface area contributed by atoms with E-state index in [0.29, 0.717) is 17.9 Å². The van der Waals surface area contributed by atoms with Crippen LogP contribution in [0.25, 0.3) is 0 Å². The normalized spacial score (nSPS) is 14.0. The van der Waals surface area contributed by atoms with Crippen LogP contribution in [0, 0.1) is 0 Å². The summed E-state index contributed by atoms with van der Waals surface area (Å²) in [6.07, 6.45) is 12.0. The Kier molecular flexibility index (Phi) is 58.2. The van der Waals surface area contributed by atoms with Crippen molar-refractivity contribution >= 4 is 125 Å². The molecule has 0 N–H and O–H groups in total. The number of likely N-dealkylation sites (tertiary alicyclic amines) is 1. The van der Waals surface area contributed by atoms with Gasteiger partial charge in [-0.1, -0.05) is 45.6 Å². The SMILES string of the molecule is C.C.C.C.CSC1CC(=O)N(C)C1=O.CSCC(Br)C(C)=O.CSCC(Cl)C(C)=O.CSCCC(C)=O.CSCCS(C)(=O)=O. The van der Waals surface area contributed by atoms with Gasteiger partial charge in [0, 0.05) is 43.4 Å². The third kappa shape index (κ3) is 46.8. The summed E-state index contributed by atoms with van der Waals surface area (Å²) in [4.78, 5) is 54.2. The fourth-order valence-corrected chi connectivity index (χ4v) is 7.18. The molecule has 0 aliphatic carbocycles. The monoisotopic (exact) mass is 843 g/mol. The molecule has 3 atom stereocenters. The minimum absolute atomic E-state index is 0. The number of hydrogen-bond acceptors (Lipinski definition) is 12. The van der Waals surface area contributed by atoms with Gasteiger partial charge in [0.1, 0.15) is 32.6 Å². The number of imide groups is 1. The third-order valence-corrected chi connectivity index (χ3v) is 11.2. The maximum Gasteiger partial charge on any atom is 0.242 e. The zero-order valence-electron chi connectivity index (χ0n) is 25.7. The largest absolute Gasteiger partial charge is 0.300 e. The fourth-order valence-electron chi connectivity index (χ4n) is 1.91. The van der Waals surface area contributed by atoms with Gasteiger partial charge in [-0.05, 0) is 57.8 Å². The lowest BCUT2D eigenvalue weighted by atomic mass is 10.3. The fraction of sp³-hybridized carbons (Fsp3) is 0.828. The maximum absolute atomic E-state index is 11.0. The Hall–Kier alpha value is 0.620. The Morgan fingerprint density at radius 3 is 1.44 bits per heavy atom. The van der Waals surface area contributed by atoms with E-state index in [2.05, 4.69) is 15.9 Å². The van der Waals surface area contributed by atoms with Crippen LogP contribution in [0.3, 0.4) is 0 Å². The van der Waals surface area contributed by atoms with Gasteiger partial charge in [0.25, 0.3) is 0 Å². The van der Waals surface area contributed by atoms with Gasteiger partial charge in [0.15, 0.2) is 0 Å². The van der Waals surface area contributed by atoms with E-state index in [9.17, 15) is 32.4 Å². The molecule has 1 heterocycles. The van der Waals surface area contributed by atoms with Gasteiger partial charge in [0.2, 0.25) is 11.8 Å². The first kappa shape index (κ1) is 64.2. The number of nitrogens with zero attached hydrogens (tertiary/aromatic N) is 1. The molecule has 45 heavy (non-hydrogen) atoms. The van der Waals surface area contributed by atoms with E-state index in [-0.39, 0.29) is 74.3 Å². The summed E-state index contributed by atoms with van der Waals surface area (Å²) in [7, 11) is -1.18. The zero-order valence-corrected chi connectivity index (χ0v) is 32.9. The lowest BCUT2D eigenvalue weighted by Crippen LogP contribution is -2.26. The van der Waals surface area contributed by atoms with Crippen molar-refractivity contribution in [1.82, 2.24) is 4.90 Å². The minimum atomic E-state index is -2.71. The molecule has 0 aromatic rings. The smallest absolute Gasteiger partial charge is 0.242 e. The molecule has 276 valence electrons. The van der Waals surface area contributed by atoms with Crippen LogP contribution in [-0.4, -0.2) is 131 Å². The number of carbonyl (C=O) groups is 5. The first-order valence-electron chi connectivity index (χ1n) is 12.1. The van der Waals surface area contributed by atoms with Gasteiger partial charge in [-0.25, -0.2) is 8.42 Å². The number of halogens is 2. The first-order valence-corrected chi connectivity index (χ1v) is 22.4. The van der Waals surface area contributed by atoms with E-state index in [1.54, 1.807) is 60.9 Å². The van der Waals surface area contributed by atoms with Gasteiger partial charge in [-0.15, -0.1) is 11.6 Å². The van der Waals surface area contributed by atoms with Crippen LogP contribution >= 0.6 is 86.3 Å². The van der Waals surface area contributed by atoms with Crippen LogP contribution in [-0.2, 0) is 33.8 Å². The molecular formula is C29H63BrClNO7S6. The van der Waals surface area contributed by atoms with Crippen molar-refractivity contribution in [2.45, 2.75) is 78.8 Å². The number of sulfone groups is 1. The van der Waals surface area contributed by atoms with Gasteiger partial charge in [-0.2, -0.15) is 58.8 Å². The molecule has 0 bridgehead atoms. The Bertz CT molecular complexity index is 846. The summed E-state index contributed by atoms with van der Waals surface area (Å²) < 4.78 is 20.8. The van der Waals surface area contributed by atoms with Gasteiger partial charge < -0.3 is 0 Å². The van der Waals surface area contributed by atoms with E-state index in [1.807, 2.05) is 31.3 Å². The van der Waals surface area contributed by atoms with Crippen LogP contribution in [0.5, 0.6) is 0 Å². The summed E-state index contributed by atoms with van der Waals surface area (Å²) in [6, 6.07) is 0. The number of Topliss-reactive ketones (excluding diaryl/α,β-unsaturated/α-hetero) is 3. The molecule has 8 nitrogen and oxygen atoms in total. The average Bonchev–Trinajstić information content (AvgIpc) is 3.14. The molecule has 1 aliphatic rings. The Balaban J connectivity index is -0.0000000624. The molecule has 1 aliphatic heterocycles. The first-order chi connectivity index (χ1) is 18.9. The number of hydrogen-bond donors (Lipinski definition) is 0. The lowest BCUT2D eigenvalue weighted by Gasteiger charge is -2.04. The molecule has 0 aromatic carbocycles. The summed E-state index contributed by atoms with van der Waals surface area (Å²) in [6.45, 7) is 4.72. The van der Waals surface area contributed by atoms with E-state index in [1.165, 1.54) is 36.9 Å². The topological polar surface area (TPSA) is 123 Å². The standard InChI is InChI=1S/C6H9NO2S.C5H9BrOS.C5H9ClOS.C5H10OS.C4H10O2S2.4CH4/c1-7-5(8)3-4(10-2)6(7)9;2*1-4(7)5(6)3-8-2;1-5(6)3-4-7-2;1-7-3-4-8(2,5)6;;;;/h4H,3H2,1-2H3;2*5H,3H2,1-2H3;3-4H2,1-2H3;3-4H2,1-2H3;4*1H4. The second-order valence-electron chi connectivity index (χ2n) is 8.35. The van der Waals surface area contributed by atoms with E-state index in [4.69, 9.17) is 11.6 Å². The van der Waals surface area contributed by atoms with Gasteiger partial charge in [-0.3, -0.25) is 28.9 Å². The molecule has 0 saturated carbocycles. The number of ketones is 3. The van der Waals surface area contributed by atoms with Crippen molar-refractivity contribution in [3.05, 3.63) is 0 Å². The van der Waals surface area contributed by atoms with Crippen molar-refractivity contribution in [1.29, 1.82) is 0 Å². The summed E-state index contributed by atoms with van der Waals surface area (Å²) in [5.74, 6) is 3.99. The van der Waals surface area contributed by atoms with Crippen LogP contribution in [0.1, 0.15) is 63.3 Å². The van der Waals surface area contributed by atoms with Crippen molar-refractivity contribution in [2.75, 3.05) is 73.3 Å². The maximum atomic E-state index is 11.0. The second kappa shape index (κ2) is 40.8. The predicted octanol–water partition coefficient (Wildman–Crippen LogP) is 7.62. The highest BCUT2D eigenvalue weighted by molar-refractivity contribution is 9.10. The van der Waals surface area contributed by atoms with E-state index in [0.717, 1.165) is 23.7 Å².